The molecule has 0 saturated carbocycles. The van der Waals surface area contributed by atoms with Gasteiger partial charge in [0.15, 0.2) is 0 Å². The van der Waals surface area contributed by atoms with Crippen molar-refractivity contribution in [1.82, 2.24) is 0 Å². The molecule has 0 unspecified atom stereocenters. The first-order valence-corrected chi connectivity index (χ1v) is 1.73. The Morgan fingerprint density at radius 3 is 1.25 bits per heavy atom. The number of halogens is 2. The summed E-state index contributed by atoms with van der Waals surface area (Å²) in [4.78, 5) is 0. The molecule has 0 aliphatic rings. The van der Waals surface area contributed by atoms with Crippen molar-refractivity contribution in [2.24, 2.45) is 0 Å². The molecule has 0 amide bonds. The molecule has 0 fully saturated rings. The number of aliphatic hydroxyl groups excluding tert-OH is 1. The minimum Gasteiger partial charge on any atom is -0.400 e. The zero-order valence-corrected chi connectivity index (χ0v) is 3.72. The second-order valence-electron chi connectivity index (χ2n) is 0. The zero-order valence-electron chi connectivity index (χ0n) is 2.20. The third kappa shape index (κ3) is 20.7. The van der Waals surface area contributed by atoms with E-state index in [1.807, 2.05) is 0 Å². The summed E-state index contributed by atoms with van der Waals surface area (Å²) in [6.45, 7) is 0. The monoisotopic (exact) mass is 102 g/mol. The molecule has 0 heterocycles. The molecule has 0 bridgehead atoms. The fraction of sp³-hybridized carbons (Fsp3) is 1.00. The molecule has 1 nitrogen and oxygen atoms in total. The van der Waals surface area contributed by atoms with Gasteiger partial charge >= 0.3 is 0 Å². The van der Waals surface area contributed by atoms with Gasteiger partial charge in [-0.15, -0.1) is 0 Å². The van der Waals surface area contributed by atoms with E-state index in [1.54, 1.807) is 0 Å². The highest BCUT2D eigenvalue weighted by atomic mass is 36.5. The Labute approximate surface area is 34.7 Å². The minimum absolute atomic E-state index is 1.00. The van der Waals surface area contributed by atoms with Crippen LogP contribution in [0, 0.1) is 0 Å². The quantitative estimate of drug-likeness (QED) is 0.484. The molecule has 0 saturated heterocycles. The summed E-state index contributed by atoms with van der Waals surface area (Å²) >= 11 is 0. The van der Waals surface area contributed by atoms with Crippen molar-refractivity contribution in [3.05, 3.63) is 0 Å². The predicted octanol–water partition coefficient (Wildman–Crippen LogP) is 0.987. The highest BCUT2D eigenvalue weighted by Gasteiger charge is 1.00. The molecule has 0 spiro atoms. The van der Waals surface area contributed by atoms with E-state index in [4.69, 9.17) is 5.11 Å². The smallest absolute Gasteiger partial charge is 0.0319 e. The molecule has 0 aromatic carbocycles. The molecule has 0 aliphatic carbocycles. The molecule has 28 valence electrons. The SMILES string of the molecule is CO.ClCl. The van der Waals surface area contributed by atoms with Crippen molar-refractivity contribution in [2.75, 3.05) is 7.11 Å². The number of rotatable bonds is 0. The molecule has 0 rings (SSSR count). The first-order valence-electron chi connectivity index (χ1n) is 0.590. The van der Waals surface area contributed by atoms with Gasteiger partial charge < -0.3 is 5.11 Å². The van der Waals surface area contributed by atoms with Gasteiger partial charge in [-0.2, -0.15) is 0 Å². The summed E-state index contributed by atoms with van der Waals surface area (Å²) in [7, 11) is 9.22. The summed E-state index contributed by atoms with van der Waals surface area (Å²) in [5.41, 5.74) is 0. The standard InChI is InChI=1S/CH4O.Cl2/c2*1-2/h2H,1H3;. The maximum absolute atomic E-state index is 7.00. The lowest BCUT2D eigenvalue weighted by Crippen LogP contribution is -1.25. The van der Waals surface area contributed by atoms with Crippen LogP contribution in [0.1, 0.15) is 0 Å². The third-order valence-electron chi connectivity index (χ3n) is 0. The Hall–Kier alpha value is 0.540. The molecule has 0 aromatic rings. The van der Waals surface area contributed by atoms with E-state index in [1.165, 1.54) is 0 Å². The van der Waals surface area contributed by atoms with Crippen LogP contribution < -0.4 is 0 Å². The average molecular weight is 103 g/mol. The van der Waals surface area contributed by atoms with E-state index in [0.717, 1.165) is 7.11 Å². The molecular formula is CH4Cl2O. The zero-order chi connectivity index (χ0) is 4.00. The normalized spacial score (nSPS) is 3.00. The topological polar surface area (TPSA) is 20.2 Å². The predicted molar refractivity (Wildman–Crippen MR) is 19.8 cm³/mol. The average Bonchev–Trinajstić information content (AvgIpc) is 1.50. The molecular weight excluding hydrogens is 98.9 g/mol. The van der Waals surface area contributed by atoms with E-state index in [0.29, 0.717) is 0 Å². The fourth-order valence-corrected chi connectivity index (χ4v) is 0. The highest BCUT2D eigenvalue weighted by Crippen LogP contribution is 1.69. The van der Waals surface area contributed by atoms with Crippen molar-refractivity contribution in [2.45, 2.75) is 0 Å². The van der Waals surface area contributed by atoms with Crippen LogP contribution in [-0.4, -0.2) is 12.2 Å². The molecule has 3 heteroatoms. The maximum atomic E-state index is 7.00. The fourth-order valence-electron chi connectivity index (χ4n) is 0. The van der Waals surface area contributed by atoms with Crippen molar-refractivity contribution in [3.8, 4) is 0 Å². The van der Waals surface area contributed by atoms with Gasteiger partial charge in [-0.25, -0.2) is 0 Å². The Morgan fingerprint density at radius 1 is 1.25 bits per heavy atom. The summed E-state index contributed by atoms with van der Waals surface area (Å²) in [6.07, 6.45) is 0. The lowest BCUT2D eigenvalue weighted by Gasteiger charge is -1.21. The van der Waals surface area contributed by atoms with Crippen molar-refractivity contribution >= 4 is 21.7 Å². The Morgan fingerprint density at radius 2 is 1.25 bits per heavy atom. The lowest BCUT2D eigenvalue weighted by atomic mass is 11.8. The second-order valence-corrected chi connectivity index (χ2v) is 0. The number of hydrogen-bond donors (Lipinski definition) is 1. The summed E-state index contributed by atoms with van der Waals surface area (Å²) < 4.78 is 0. The summed E-state index contributed by atoms with van der Waals surface area (Å²) in [5, 5.41) is 7.00. The largest absolute Gasteiger partial charge is 0.400 e. The van der Waals surface area contributed by atoms with Crippen LogP contribution in [0.15, 0.2) is 0 Å². The van der Waals surface area contributed by atoms with Crippen LogP contribution in [0.3, 0.4) is 0 Å². The van der Waals surface area contributed by atoms with Crippen LogP contribution in [0.4, 0.5) is 0 Å². The van der Waals surface area contributed by atoms with Crippen LogP contribution >= 0.6 is 21.7 Å². The van der Waals surface area contributed by atoms with Crippen LogP contribution in [0.25, 0.3) is 0 Å². The molecule has 0 atom stereocenters. The number of aliphatic hydroxyl groups is 1. The van der Waals surface area contributed by atoms with E-state index in [2.05, 4.69) is 21.7 Å². The van der Waals surface area contributed by atoms with Gasteiger partial charge in [0, 0.05) is 28.8 Å². The van der Waals surface area contributed by atoms with Crippen molar-refractivity contribution in [3.63, 3.8) is 0 Å². The molecule has 0 radical (unpaired) electrons. The van der Waals surface area contributed by atoms with Crippen molar-refractivity contribution in [1.29, 1.82) is 0 Å². The Kier molecular flexibility index (Phi) is 173. The van der Waals surface area contributed by atoms with E-state index < -0.39 is 0 Å². The lowest BCUT2D eigenvalue weighted by molar-refractivity contribution is 0.399. The minimum atomic E-state index is 1.00. The molecule has 1 N–H and O–H groups in total. The number of hydrogen-bond acceptors (Lipinski definition) is 1. The van der Waals surface area contributed by atoms with Gasteiger partial charge in [-0.05, 0) is 0 Å². The van der Waals surface area contributed by atoms with Gasteiger partial charge in [-0.1, -0.05) is 0 Å². The molecule has 0 aliphatic heterocycles. The van der Waals surface area contributed by atoms with Crippen LogP contribution in [0.5, 0.6) is 0 Å². The first kappa shape index (κ1) is 8.82. The van der Waals surface area contributed by atoms with Gasteiger partial charge in [0.25, 0.3) is 0 Å². The molecule has 4 heavy (non-hydrogen) atoms. The third-order valence-corrected chi connectivity index (χ3v) is 0. The van der Waals surface area contributed by atoms with Crippen molar-refractivity contribution < 1.29 is 5.11 Å². The van der Waals surface area contributed by atoms with Gasteiger partial charge in [0.1, 0.15) is 0 Å². The summed E-state index contributed by atoms with van der Waals surface area (Å²) in [5.74, 6) is 0. The highest BCUT2D eigenvalue weighted by molar-refractivity contribution is 6.85. The summed E-state index contributed by atoms with van der Waals surface area (Å²) in [6, 6.07) is 0. The van der Waals surface area contributed by atoms with Gasteiger partial charge in [-0.3, -0.25) is 0 Å². The van der Waals surface area contributed by atoms with Crippen LogP contribution in [-0.2, 0) is 0 Å². The van der Waals surface area contributed by atoms with E-state index in [-0.39, 0.29) is 0 Å². The van der Waals surface area contributed by atoms with Crippen LogP contribution in [0.2, 0.25) is 0 Å². The Balaban J connectivity index is 0. The van der Waals surface area contributed by atoms with Gasteiger partial charge in [0.05, 0.1) is 0 Å². The van der Waals surface area contributed by atoms with Gasteiger partial charge in [0.2, 0.25) is 0 Å². The first-order chi connectivity index (χ1) is 2.00. The maximum Gasteiger partial charge on any atom is 0.0319 e. The Bertz CT molecular complexity index is 6.00. The van der Waals surface area contributed by atoms with E-state index >= 15 is 0 Å². The second kappa shape index (κ2) is 78.3. The molecule has 0 aromatic heterocycles. The van der Waals surface area contributed by atoms with E-state index in [9.17, 15) is 0 Å².